The molecule has 1 N–H and O–H groups in total. The fraction of sp³-hybridized carbons (Fsp3) is 0.533. The van der Waals surface area contributed by atoms with E-state index < -0.39 is 0 Å². The SMILES string of the molecule is O=C(CCc1ccccc1)NCCCCCCBr. The highest BCUT2D eigenvalue weighted by molar-refractivity contribution is 9.09. The Kier molecular flexibility index (Phi) is 8.57. The molecule has 1 aromatic carbocycles. The highest BCUT2D eigenvalue weighted by Crippen LogP contribution is 2.03. The van der Waals surface area contributed by atoms with Crippen molar-refractivity contribution in [2.75, 3.05) is 11.9 Å². The number of aryl methyl sites for hydroxylation is 1. The van der Waals surface area contributed by atoms with Crippen molar-refractivity contribution in [3.63, 3.8) is 0 Å². The Labute approximate surface area is 118 Å². The van der Waals surface area contributed by atoms with E-state index in [-0.39, 0.29) is 5.91 Å². The van der Waals surface area contributed by atoms with E-state index in [9.17, 15) is 4.79 Å². The van der Waals surface area contributed by atoms with Crippen molar-refractivity contribution in [3.05, 3.63) is 35.9 Å². The third-order valence-electron chi connectivity index (χ3n) is 2.87. The Morgan fingerprint density at radius 1 is 1.06 bits per heavy atom. The summed E-state index contributed by atoms with van der Waals surface area (Å²) in [6.45, 7) is 0.815. The number of carbonyl (C=O) groups is 1. The van der Waals surface area contributed by atoms with Crippen molar-refractivity contribution in [3.8, 4) is 0 Å². The van der Waals surface area contributed by atoms with Gasteiger partial charge in [-0.05, 0) is 24.8 Å². The number of nitrogens with one attached hydrogen (secondary N) is 1. The van der Waals surface area contributed by atoms with Crippen LogP contribution in [0.15, 0.2) is 30.3 Å². The lowest BCUT2D eigenvalue weighted by Crippen LogP contribution is -2.24. The Bertz CT molecular complexity index is 327. The minimum atomic E-state index is 0.166. The largest absolute Gasteiger partial charge is 0.356 e. The van der Waals surface area contributed by atoms with Gasteiger partial charge in [-0.25, -0.2) is 0 Å². The number of rotatable bonds is 9. The molecular weight excluding hydrogens is 290 g/mol. The highest BCUT2D eigenvalue weighted by atomic mass is 79.9. The molecule has 0 aliphatic carbocycles. The van der Waals surface area contributed by atoms with Crippen molar-refractivity contribution in [2.24, 2.45) is 0 Å². The van der Waals surface area contributed by atoms with Crippen LogP contribution >= 0.6 is 15.9 Å². The number of unbranched alkanes of at least 4 members (excludes halogenated alkanes) is 3. The Morgan fingerprint density at radius 3 is 2.50 bits per heavy atom. The molecule has 2 nitrogen and oxygen atoms in total. The van der Waals surface area contributed by atoms with Crippen LogP contribution in [0, 0.1) is 0 Å². The second-order valence-electron chi connectivity index (χ2n) is 4.44. The standard InChI is InChI=1S/C15H22BrNO/c16-12-6-1-2-7-13-17-15(18)11-10-14-8-4-3-5-9-14/h3-5,8-9H,1-2,6-7,10-13H2,(H,17,18). The maximum Gasteiger partial charge on any atom is 0.220 e. The molecule has 0 spiro atoms. The molecule has 1 rings (SSSR count). The van der Waals surface area contributed by atoms with Crippen LogP contribution in [0.3, 0.4) is 0 Å². The molecule has 0 bridgehead atoms. The van der Waals surface area contributed by atoms with Gasteiger partial charge in [0.1, 0.15) is 0 Å². The number of benzene rings is 1. The zero-order valence-corrected chi connectivity index (χ0v) is 12.4. The Balaban J connectivity index is 2.01. The molecule has 0 saturated heterocycles. The fourth-order valence-corrected chi connectivity index (χ4v) is 2.19. The summed E-state index contributed by atoms with van der Waals surface area (Å²) in [4.78, 5) is 11.6. The van der Waals surface area contributed by atoms with Crippen LogP contribution in [0.5, 0.6) is 0 Å². The van der Waals surface area contributed by atoms with Crippen LogP contribution in [-0.4, -0.2) is 17.8 Å². The summed E-state index contributed by atoms with van der Waals surface area (Å²) in [6, 6.07) is 10.1. The highest BCUT2D eigenvalue weighted by Gasteiger charge is 2.01. The van der Waals surface area contributed by atoms with E-state index in [0.717, 1.165) is 24.7 Å². The molecule has 18 heavy (non-hydrogen) atoms. The third kappa shape index (κ3) is 7.49. The van der Waals surface area contributed by atoms with Gasteiger partial charge in [-0.15, -0.1) is 0 Å². The van der Waals surface area contributed by atoms with Gasteiger partial charge in [0.05, 0.1) is 0 Å². The molecule has 0 radical (unpaired) electrons. The average Bonchev–Trinajstić information content (AvgIpc) is 2.41. The number of hydrogen-bond acceptors (Lipinski definition) is 1. The van der Waals surface area contributed by atoms with Crippen LogP contribution in [0.25, 0.3) is 0 Å². The number of amides is 1. The van der Waals surface area contributed by atoms with Gasteiger partial charge < -0.3 is 5.32 Å². The number of carbonyl (C=O) groups excluding carboxylic acids is 1. The molecule has 0 heterocycles. The van der Waals surface area contributed by atoms with Gasteiger partial charge in [0.25, 0.3) is 0 Å². The monoisotopic (exact) mass is 311 g/mol. The van der Waals surface area contributed by atoms with E-state index in [1.54, 1.807) is 0 Å². The van der Waals surface area contributed by atoms with Crippen LogP contribution in [0.2, 0.25) is 0 Å². The molecule has 1 amide bonds. The molecule has 0 aliphatic rings. The Hall–Kier alpha value is -0.830. The smallest absolute Gasteiger partial charge is 0.220 e. The lowest BCUT2D eigenvalue weighted by molar-refractivity contribution is -0.121. The molecule has 100 valence electrons. The molecule has 0 aromatic heterocycles. The van der Waals surface area contributed by atoms with E-state index in [0.29, 0.717) is 6.42 Å². The van der Waals surface area contributed by atoms with Gasteiger partial charge in [0.15, 0.2) is 0 Å². The lowest BCUT2D eigenvalue weighted by Gasteiger charge is -2.05. The van der Waals surface area contributed by atoms with Gasteiger partial charge in [-0.2, -0.15) is 0 Å². The number of hydrogen-bond donors (Lipinski definition) is 1. The molecule has 0 aliphatic heterocycles. The van der Waals surface area contributed by atoms with Crippen molar-refractivity contribution in [1.29, 1.82) is 0 Å². The minimum absolute atomic E-state index is 0.166. The molecular formula is C15H22BrNO. The van der Waals surface area contributed by atoms with Gasteiger partial charge in [0.2, 0.25) is 5.91 Å². The van der Waals surface area contributed by atoms with Gasteiger partial charge in [-0.3, -0.25) is 4.79 Å². The Morgan fingerprint density at radius 2 is 1.78 bits per heavy atom. The van der Waals surface area contributed by atoms with Crippen molar-refractivity contribution < 1.29 is 4.79 Å². The first-order chi connectivity index (χ1) is 8.83. The second kappa shape index (κ2) is 10.1. The fourth-order valence-electron chi connectivity index (χ4n) is 1.79. The average molecular weight is 312 g/mol. The van der Waals surface area contributed by atoms with E-state index in [1.165, 1.54) is 24.8 Å². The van der Waals surface area contributed by atoms with Crippen LogP contribution < -0.4 is 5.32 Å². The van der Waals surface area contributed by atoms with Crippen LogP contribution in [0.4, 0.5) is 0 Å². The van der Waals surface area contributed by atoms with E-state index in [2.05, 4.69) is 33.4 Å². The normalized spacial score (nSPS) is 10.3. The maximum atomic E-state index is 11.6. The molecule has 0 unspecified atom stereocenters. The van der Waals surface area contributed by atoms with Gasteiger partial charge in [0, 0.05) is 18.3 Å². The van der Waals surface area contributed by atoms with Crippen molar-refractivity contribution in [2.45, 2.75) is 38.5 Å². The predicted molar refractivity (Wildman–Crippen MR) is 80.0 cm³/mol. The zero-order valence-electron chi connectivity index (χ0n) is 10.8. The van der Waals surface area contributed by atoms with Gasteiger partial charge >= 0.3 is 0 Å². The summed E-state index contributed by atoms with van der Waals surface area (Å²) in [6.07, 6.45) is 6.17. The summed E-state index contributed by atoms with van der Waals surface area (Å²) in [7, 11) is 0. The molecule has 0 saturated carbocycles. The van der Waals surface area contributed by atoms with Crippen molar-refractivity contribution in [1.82, 2.24) is 5.32 Å². The third-order valence-corrected chi connectivity index (χ3v) is 3.43. The van der Waals surface area contributed by atoms with E-state index in [4.69, 9.17) is 0 Å². The van der Waals surface area contributed by atoms with E-state index >= 15 is 0 Å². The summed E-state index contributed by atoms with van der Waals surface area (Å²) in [5.41, 5.74) is 1.23. The summed E-state index contributed by atoms with van der Waals surface area (Å²) >= 11 is 3.41. The molecule has 3 heteroatoms. The summed E-state index contributed by atoms with van der Waals surface area (Å²) < 4.78 is 0. The first-order valence-electron chi connectivity index (χ1n) is 6.69. The van der Waals surface area contributed by atoms with Crippen LogP contribution in [-0.2, 0) is 11.2 Å². The lowest BCUT2D eigenvalue weighted by atomic mass is 10.1. The van der Waals surface area contributed by atoms with Crippen molar-refractivity contribution >= 4 is 21.8 Å². The predicted octanol–water partition coefficient (Wildman–Crippen LogP) is 3.69. The maximum absolute atomic E-state index is 11.6. The first-order valence-corrected chi connectivity index (χ1v) is 7.81. The zero-order chi connectivity index (χ0) is 13.1. The number of halogens is 1. The van der Waals surface area contributed by atoms with E-state index in [1.807, 2.05) is 18.2 Å². The van der Waals surface area contributed by atoms with Gasteiger partial charge in [-0.1, -0.05) is 59.1 Å². The summed E-state index contributed by atoms with van der Waals surface area (Å²) in [5, 5.41) is 4.06. The first kappa shape index (κ1) is 15.2. The van der Waals surface area contributed by atoms with Crippen LogP contribution in [0.1, 0.15) is 37.7 Å². The quantitative estimate of drug-likeness (QED) is 0.547. The minimum Gasteiger partial charge on any atom is -0.356 e. The molecule has 0 atom stereocenters. The summed E-state index contributed by atoms with van der Waals surface area (Å²) in [5.74, 6) is 0.166. The molecule has 0 fully saturated rings. The topological polar surface area (TPSA) is 29.1 Å². The molecule has 1 aromatic rings. The second-order valence-corrected chi connectivity index (χ2v) is 5.23. The number of alkyl halides is 1.